The van der Waals surface area contributed by atoms with E-state index in [1.807, 2.05) is 0 Å². The number of rotatable bonds is 1. The minimum Gasteiger partial charge on any atom is -0.396 e. The molecule has 0 aliphatic rings. The van der Waals surface area contributed by atoms with Crippen LogP contribution >= 0.6 is 11.6 Å². The van der Waals surface area contributed by atoms with Crippen LogP contribution in [0.5, 0.6) is 0 Å². The number of hydrogen-bond donors (Lipinski definition) is 1. The molecule has 0 heterocycles. The van der Waals surface area contributed by atoms with E-state index in [-0.39, 0.29) is 5.69 Å². The molecule has 1 nitrogen and oxygen atoms in total. The van der Waals surface area contributed by atoms with Crippen LogP contribution in [0, 0.1) is 11.6 Å². The van der Waals surface area contributed by atoms with Crippen LogP contribution in [-0.2, 0) is 0 Å². The minimum absolute atomic E-state index is 0.227. The Hall–Kier alpha value is -1.61. The predicted molar refractivity (Wildman–Crippen MR) is 61.2 cm³/mol. The number of nitrogens with two attached hydrogens (primary N) is 1. The van der Waals surface area contributed by atoms with Crippen LogP contribution in [0.1, 0.15) is 0 Å². The highest BCUT2D eigenvalue weighted by molar-refractivity contribution is 6.33. The second-order valence-electron chi connectivity index (χ2n) is 3.34. The first-order valence-electron chi connectivity index (χ1n) is 4.59. The predicted octanol–water partition coefficient (Wildman–Crippen LogP) is 3.87. The molecule has 16 heavy (non-hydrogen) atoms. The molecule has 0 aliphatic heterocycles. The van der Waals surface area contributed by atoms with Gasteiger partial charge in [-0.3, -0.25) is 0 Å². The Bertz CT molecular complexity index is 517. The Labute approximate surface area is 96.5 Å². The van der Waals surface area contributed by atoms with E-state index >= 15 is 0 Å². The molecule has 2 N–H and O–H groups in total. The minimum atomic E-state index is -1.03. The van der Waals surface area contributed by atoms with Crippen molar-refractivity contribution in [2.75, 3.05) is 5.73 Å². The van der Waals surface area contributed by atoms with Crippen molar-refractivity contribution < 1.29 is 8.78 Å². The summed E-state index contributed by atoms with van der Waals surface area (Å²) in [5.41, 5.74) is 6.20. The lowest BCUT2D eigenvalue weighted by molar-refractivity contribution is 0.512. The molecule has 0 saturated heterocycles. The summed E-state index contributed by atoms with van der Waals surface area (Å²) in [5.74, 6) is -2.01. The Kier molecular flexibility index (Phi) is 2.79. The fraction of sp³-hybridized carbons (Fsp3) is 0. The van der Waals surface area contributed by atoms with E-state index < -0.39 is 11.6 Å². The Morgan fingerprint density at radius 3 is 2.38 bits per heavy atom. The maximum atomic E-state index is 13.2. The normalized spacial score (nSPS) is 10.4. The highest BCUT2D eigenvalue weighted by atomic mass is 35.5. The highest BCUT2D eigenvalue weighted by Gasteiger charge is 2.10. The zero-order valence-electron chi connectivity index (χ0n) is 8.18. The molecule has 2 aromatic carbocycles. The molecule has 0 bridgehead atoms. The van der Waals surface area contributed by atoms with Crippen LogP contribution < -0.4 is 5.73 Å². The van der Waals surface area contributed by atoms with E-state index in [1.165, 1.54) is 6.07 Å². The fourth-order valence-corrected chi connectivity index (χ4v) is 1.71. The van der Waals surface area contributed by atoms with Gasteiger partial charge < -0.3 is 5.73 Å². The summed E-state index contributed by atoms with van der Waals surface area (Å²) in [7, 11) is 0. The van der Waals surface area contributed by atoms with Crippen molar-refractivity contribution in [1.29, 1.82) is 0 Å². The van der Waals surface area contributed by atoms with Gasteiger partial charge in [0.15, 0.2) is 11.6 Å². The summed E-state index contributed by atoms with van der Waals surface area (Å²) in [4.78, 5) is 0. The number of halogens is 3. The van der Waals surface area contributed by atoms with Crippen molar-refractivity contribution in [2.45, 2.75) is 0 Å². The zero-order valence-corrected chi connectivity index (χ0v) is 8.93. The average molecular weight is 240 g/mol. The summed E-state index contributed by atoms with van der Waals surface area (Å²) in [6.45, 7) is 0. The van der Waals surface area contributed by atoms with Crippen LogP contribution in [0.4, 0.5) is 14.5 Å². The second-order valence-corrected chi connectivity index (χ2v) is 3.75. The van der Waals surface area contributed by atoms with Gasteiger partial charge in [-0.25, -0.2) is 8.78 Å². The molecule has 0 atom stereocenters. The molecule has 0 unspecified atom stereocenters. The first kappa shape index (κ1) is 10.9. The van der Waals surface area contributed by atoms with E-state index in [0.717, 1.165) is 6.07 Å². The van der Waals surface area contributed by atoms with Gasteiger partial charge in [-0.05, 0) is 23.8 Å². The molecule has 2 aromatic rings. The first-order chi connectivity index (χ1) is 7.59. The Morgan fingerprint density at radius 1 is 1.06 bits per heavy atom. The van der Waals surface area contributed by atoms with Crippen LogP contribution in [0.15, 0.2) is 36.4 Å². The Morgan fingerprint density at radius 2 is 1.75 bits per heavy atom. The topological polar surface area (TPSA) is 26.0 Å². The van der Waals surface area contributed by atoms with Gasteiger partial charge in [0.25, 0.3) is 0 Å². The molecular weight excluding hydrogens is 232 g/mol. The first-order valence-corrected chi connectivity index (χ1v) is 4.97. The zero-order chi connectivity index (χ0) is 11.7. The molecule has 4 heteroatoms. The fourth-order valence-electron chi connectivity index (χ4n) is 1.46. The van der Waals surface area contributed by atoms with Crippen molar-refractivity contribution in [2.24, 2.45) is 0 Å². The summed E-state index contributed by atoms with van der Waals surface area (Å²) in [6, 6.07) is 9.35. The van der Waals surface area contributed by atoms with E-state index in [2.05, 4.69) is 0 Å². The van der Waals surface area contributed by atoms with Gasteiger partial charge in [-0.15, -0.1) is 0 Å². The third kappa shape index (κ3) is 1.86. The number of anilines is 1. The molecule has 2 rings (SSSR count). The standard InChI is InChI=1S/C12H8ClF2N/c13-9-4-2-1-3-8(9)7-5-10(14)12(15)11(16)6-7/h1-6H,16H2. The van der Waals surface area contributed by atoms with Gasteiger partial charge in [-0.2, -0.15) is 0 Å². The van der Waals surface area contributed by atoms with Crippen LogP contribution in [-0.4, -0.2) is 0 Å². The largest absolute Gasteiger partial charge is 0.396 e. The van der Waals surface area contributed by atoms with Crippen LogP contribution in [0.25, 0.3) is 11.1 Å². The molecule has 0 fully saturated rings. The quantitative estimate of drug-likeness (QED) is 0.751. The van der Waals surface area contributed by atoms with Gasteiger partial charge in [0, 0.05) is 10.6 Å². The summed E-state index contributed by atoms with van der Waals surface area (Å²) in [6.07, 6.45) is 0. The van der Waals surface area contributed by atoms with Crippen molar-refractivity contribution >= 4 is 17.3 Å². The van der Waals surface area contributed by atoms with Crippen molar-refractivity contribution in [1.82, 2.24) is 0 Å². The lowest BCUT2D eigenvalue weighted by Gasteiger charge is -2.06. The van der Waals surface area contributed by atoms with Crippen molar-refractivity contribution in [3.05, 3.63) is 53.1 Å². The lowest BCUT2D eigenvalue weighted by atomic mass is 10.0. The van der Waals surface area contributed by atoms with Crippen molar-refractivity contribution in [3.63, 3.8) is 0 Å². The highest BCUT2D eigenvalue weighted by Crippen LogP contribution is 2.30. The van der Waals surface area contributed by atoms with Gasteiger partial charge in [0.2, 0.25) is 0 Å². The molecule has 0 aliphatic carbocycles. The average Bonchev–Trinajstić information content (AvgIpc) is 2.26. The molecule has 0 aromatic heterocycles. The van der Waals surface area contributed by atoms with E-state index in [0.29, 0.717) is 16.1 Å². The SMILES string of the molecule is Nc1cc(-c2ccccc2Cl)cc(F)c1F. The third-order valence-corrected chi connectivity index (χ3v) is 2.57. The van der Waals surface area contributed by atoms with Crippen LogP contribution in [0.2, 0.25) is 5.02 Å². The maximum absolute atomic E-state index is 13.2. The van der Waals surface area contributed by atoms with Crippen LogP contribution in [0.3, 0.4) is 0 Å². The maximum Gasteiger partial charge on any atom is 0.181 e. The smallest absolute Gasteiger partial charge is 0.181 e. The molecule has 0 amide bonds. The summed E-state index contributed by atoms with van der Waals surface area (Å²) >= 11 is 5.95. The number of nitrogen functional groups attached to an aromatic ring is 1. The monoisotopic (exact) mass is 239 g/mol. The second kappa shape index (κ2) is 4.10. The third-order valence-electron chi connectivity index (χ3n) is 2.24. The van der Waals surface area contributed by atoms with Crippen molar-refractivity contribution in [3.8, 4) is 11.1 Å². The summed E-state index contributed by atoms with van der Waals surface area (Å²) in [5, 5.41) is 0.466. The van der Waals surface area contributed by atoms with Gasteiger partial charge in [0.05, 0.1) is 5.69 Å². The van der Waals surface area contributed by atoms with E-state index in [4.69, 9.17) is 17.3 Å². The van der Waals surface area contributed by atoms with Gasteiger partial charge >= 0.3 is 0 Å². The molecule has 0 radical (unpaired) electrons. The van der Waals surface area contributed by atoms with E-state index in [9.17, 15) is 8.78 Å². The lowest BCUT2D eigenvalue weighted by Crippen LogP contribution is -1.95. The number of benzene rings is 2. The molecule has 0 saturated carbocycles. The van der Waals surface area contributed by atoms with Gasteiger partial charge in [-0.1, -0.05) is 29.8 Å². The molecular formula is C12H8ClF2N. The summed E-state index contributed by atoms with van der Waals surface area (Å²) < 4.78 is 26.2. The molecule has 0 spiro atoms. The van der Waals surface area contributed by atoms with Gasteiger partial charge in [0.1, 0.15) is 0 Å². The number of hydrogen-bond acceptors (Lipinski definition) is 1. The van der Waals surface area contributed by atoms with E-state index in [1.54, 1.807) is 24.3 Å². The Balaban J connectivity index is 2.62. The molecule has 82 valence electrons.